The van der Waals surface area contributed by atoms with E-state index in [0.717, 1.165) is 95.2 Å². The molecule has 0 radical (unpaired) electrons. The number of hydrogen-bond acceptors (Lipinski definition) is 8. The molecular formula is C42H27N9. The van der Waals surface area contributed by atoms with E-state index in [0.29, 0.717) is 0 Å². The summed E-state index contributed by atoms with van der Waals surface area (Å²) in [4.78, 5) is 0. The van der Waals surface area contributed by atoms with Gasteiger partial charge >= 0.3 is 0 Å². The van der Waals surface area contributed by atoms with Crippen molar-refractivity contribution < 1.29 is 0 Å². The quantitative estimate of drug-likeness (QED) is 0.182. The first kappa shape index (κ1) is 29.0. The fraction of sp³-hybridized carbons (Fsp3) is 0.0476. The molecular weight excluding hydrogens is 631 g/mol. The third-order valence-corrected chi connectivity index (χ3v) is 9.97. The van der Waals surface area contributed by atoms with Gasteiger partial charge in [-0.15, -0.1) is 0 Å². The minimum atomic E-state index is 0.749. The number of hydrogen-bond donors (Lipinski definition) is 0. The van der Waals surface area contributed by atoms with Crippen molar-refractivity contribution in [2.45, 2.75) is 13.8 Å². The Morgan fingerprint density at radius 3 is 1.41 bits per heavy atom. The Morgan fingerprint density at radius 2 is 0.902 bits per heavy atom. The van der Waals surface area contributed by atoms with E-state index < -0.39 is 0 Å². The van der Waals surface area contributed by atoms with E-state index in [9.17, 15) is 0 Å². The summed E-state index contributed by atoms with van der Waals surface area (Å²) in [6, 6.07) is 32.9. The van der Waals surface area contributed by atoms with Gasteiger partial charge in [0.15, 0.2) is 0 Å². The fourth-order valence-corrected chi connectivity index (χ4v) is 7.98. The number of nitrogens with zero attached hydrogens (tertiary/aromatic N) is 9. The van der Waals surface area contributed by atoms with Crippen molar-refractivity contribution in [2.75, 3.05) is 0 Å². The number of rotatable bonds is 5. The Morgan fingerprint density at radius 1 is 0.431 bits per heavy atom. The minimum Gasteiger partial charge on any atom is -0.308 e. The van der Waals surface area contributed by atoms with Gasteiger partial charge in [-0.3, -0.25) is 0 Å². The lowest BCUT2D eigenvalue weighted by atomic mass is 9.84. The summed E-state index contributed by atoms with van der Waals surface area (Å²) in [6.07, 6.45) is 9.11. The molecule has 8 aromatic rings. The van der Waals surface area contributed by atoms with Crippen molar-refractivity contribution in [3.63, 3.8) is 0 Å². The maximum atomic E-state index is 4.73. The van der Waals surface area contributed by atoms with E-state index in [1.807, 2.05) is 48.5 Å². The van der Waals surface area contributed by atoms with E-state index in [-0.39, 0.29) is 0 Å². The second kappa shape index (κ2) is 11.3. The van der Waals surface area contributed by atoms with Gasteiger partial charge in [-0.05, 0) is 108 Å². The summed E-state index contributed by atoms with van der Waals surface area (Å²) in [5, 5.41) is 38.3. The van der Waals surface area contributed by atoms with Gasteiger partial charge in [-0.1, -0.05) is 36.4 Å². The van der Waals surface area contributed by atoms with E-state index >= 15 is 0 Å². The molecule has 5 aromatic heterocycles. The van der Waals surface area contributed by atoms with Crippen LogP contribution in [0.25, 0.3) is 72.8 Å². The van der Waals surface area contributed by atoms with Crippen LogP contribution in [-0.2, 0) is 0 Å². The SMILES string of the molecule is Cc1c2c(c(C)c(-c3cccnn3)c1-c1cccnn1)C1=C(n3c4ccccc4c4ccccc43)C(c3cccnn3)=C(c3cccnn3)C1=C2. The topological polar surface area (TPSA) is 108 Å². The Bertz CT molecular complexity index is 2730. The van der Waals surface area contributed by atoms with Crippen molar-refractivity contribution in [1.82, 2.24) is 45.4 Å². The smallest absolute Gasteiger partial charge is 0.0958 e. The molecule has 2 aliphatic rings. The number of fused-ring (bicyclic) bond motifs is 6. The molecule has 5 heterocycles. The minimum absolute atomic E-state index is 0.749. The van der Waals surface area contributed by atoms with Crippen LogP contribution in [0.3, 0.4) is 0 Å². The van der Waals surface area contributed by atoms with E-state index in [1.165, 1.54) is 10.8 Å². The lowest BCUT2D eigenvalue weighted by molar-refractivity contribution is 1.00. The molecule has 0 N–H and O–H groups in total. The highest BCUT2D eigenvalue weighted by atomic mass is 15.1. The highest BCUT2D eigenvalue weighted by Gasteiger charge is 2.41. The number of aromatic nitrogens is 9. The molecule has 0 saturated carbocycles. The summed E-state index contributed by atoms with van der Waals surface area (Å²) in [6.45, 7) is 4.34. The third-order valence-electron chi connectivity index (χ3n) is 9.97. The Balaban J connectivity index is 1.42. The Kier molecular flexibility index (Phi) is 6.41. The number of allylic oxidation sites excluding steroid dienone is 5. The number of benzene rings is 3. The van der Waals surface area contributed by atoms with Gasteiger partial charge in [0.1, 0.15) is 0 Å². The second-order valence-corrected chi connectivity index (χ2v) is 12.6. The van der Waals surface area contributed by atoms with Gasteiger partial charge in [0.05, 0.1) is 39.5 Å². The molecule has 0 aliphatic heterocycles. The molecule has 9 heteroatoms. The summed E-state index contributed by atoms with van der Waals surface area (Å²) in [5.41, 5.74) is 16.6. The van der Waals surface area contributed by atoms with Crippen molar-refractivity contribution in [3.05, 3.63) is 161 Å². The van der Waals surface area contributed by atoms with Crippen LogP contribution in [0.15, 0.2) is 127 Å². The predicted octanol–water partition coefficient (Wildman–Crippen LogP) is 8.30. The molecule has 0 bridgehead atoms. The van der Waals surface area contributed by atoms with Gasteiger partial charge < -0.3 is 4.57 Å². The molecule has 0 spiro atoms. The number of para-hydroxylation sites is 2. The van der Waals surface area contributed by atoms with Crippen LogP contribution in [0.1, 0.15) is 33.6 Å². The molecule has 9 nitrogen and oxygen atoms in total. The van der Waals surface area contributed by atoms with Crippen molar-refractivity contribution in [1.29, 1.82) is 0 Å². The highest BCUT2D eigenvalue weighted by molar-refractivity contribution is 6.36. The zero-order valence-corrected chi connectivity index (χ0v) is 27.6. The first-order chi connectivity index (χ1) is 25.2. The molecule has 51 heavy (non-hydrogen) atoms. The van der Waals surface area contributed by atoms with Crippen molar-refractivity contribution in [2.24, 2.45) is 0 Å². The molecule has 0 fully saturated rings. The van der Waals surface area contributed by atoms with Gasteiger partial charge in [0.25, 0.3) is 0 Å². The normalized spacial score (nSPS) is 13.6. The van der Waals surface area contributed by atoms with E-state index in [2.05, 4.69) is 104 Å². The van der Waals surface area contributed by atoms with Gasteiger partial charge in [-0.25, -0.2) is 0 Å². The first-order valence-corrected chi connectivity index (χ1v) is 16.7. The maximum absolute atomic E-state index is 4.73. The predicted molar refractivity (Wildman–Crippen MR) is 199 cm³/mol. The molecule has 0 amide bonds. The Hall–Kier alpha value is -7.00. The van der Waals surface area contributed by atoms with Crippen LogP contribution in [0, 0.1) is 13.8 Å². The second-order valence-electron chi connectivity index (χ2n) is 12.6. The molecule has 3 aromatic carbocycles. The van der Waals surface area contributed by atoms with E-state index in [4.69, 9.17) is 10.2 Å². The van der Waals surface area contributed by atoms with Crippen LogP contribution in [0.5, 0.6) is 0 Å². The standard InChI is InChI=1S/C42H27N9/c1-24-28-23-29-39(32-15-9-21-45-49-32)41(33-16-10-22-46-50-33)42(51-34-17-5-3-11-26(34)27-12-4-6-18-35(27)51)40(29)36(28)25(2)38(31-14-8-20-44-48-31)37(24)30-13-7-19-43-47-30/h3-23H,1-2H3. The monoisotopic (exact) mass is 657 g/mol. The van der Waals surface area contributed by atoms with Crippen LogP contribution in [-0.4, -0.2) is 45.4 Å². The fourth-order valence-electron chi connectivity index (χ4n) is 7.98. The average molecular weight is 658 g/mol. The van der Waals surface area contributed by atoms with Crippen LogP contribution in [0.4, 0.5) is 0 Å². The van der Waals surface area contributed by atoms with Gasteiger partial charge in [0, 0.05) is 63.4 Å². The lowest BCUT2D eigenvalue weighted by Gasteiger charge is -2.22. The Labute approximate surface area is 292 Å². The summed E-state index contributed by atoms with van der Waals surface area (Å²) < 4.78 is 2.39. The summed E-state index contributed by atoms with van der Waals surface area (Å²) in [5.74, 6) is 0. The highest BCUT2D eigenvalue weighted by Crippen LogP contribution is 2.60. The molecule has 10 rings (SSSR count). The van der Waals surface area contributed by atoms with E-state index in [1.54, 1.807) is 24.8 Å². The molecule has 0 saturated heterocycles. The molecule has 240 valence electrons. The summed E-state index contributed by atoms with van der Waals surface area (Å²) >= 11 is 0. The van der Waals surface area contributed by atoms with Crippen LogP contribution >= 0.6 is 0 Å². The first-order valence-electron chi connectivity index (χ1n) is 16.7. The van der Waals surface area contributed by atoms with Gasteiger partial charge in [0.2, 0.25) is 0 Å². The maximum Gasteiger partial charge on any atom is 0.0958 e. The largest absolute Gasteiger partial charge is 0.308 e. The zero-order chi connectivity index (χ0) is 34.1. The van der Waals surface area contributed by atoms with Gasteiger partial charge in [-0.2, -0.15) is 40.8 Å². The van der Waals surface area contributed by atoms with Crippen molar-refractivity contribution >= 4 is 50.3 Å². The molecule has 0 unspecified atom stereocenters. The third kappa shape index (κ3) is 4.21. The van der Waals surface area contributed by atoms with Crippen LogP contribution in [0.2, 0.25) is 0 Å². The van der Waals surface area contributed by atoms with Crippen molar-refractivity contribution in [3.8, 4) is 22.5 Å². The lowest BCUT2D eigenvalue weighted by Crippen LogP contribution is -2.06. The molecule has 2 aliphatic carbocycles. The zero-order valence-electron chi connectivity index (χ0n) is 27.6. The average Bonchev–Trinajstić information content (AvgIpc) is 3.85. The van der Waals surface area contributed by atoms with Crippen LogP contribution < -0.4 is 0 Å². The molecule has 0 atom stereocenters. The summed E-state index contributed by atoms with van der Waals surface area (Å²) in [7, 11) is 0.